The average Bonchev–Trinajstić information content (AvgIpc) is 2.86. The van der Waals surface area contributed by atoms with E-state index in [2.05, 4.69) is 26.2 Å². The molecule has 0 radical (unpaired) electrons. The van der Waals surface area contributed by atoms with Crippen LogP contribution in [0.25, 0.3) is 10.9 Å². The fourth-order valence-corrected chi connectivity index (χ4v) is 2.94. The summed E-state index contributed by atoms with van der Waals surface area (Å²) in [7, 11) is 0. The summed E-state index contributed by atoms with van der Waals surface area (Å²) in [5.74, 6) is 0.0179. The molecule has 0 aliphatic heterocycles. The Labute approximate surface area is 138 Å². The molecule has 0 spiro atoms. The zero-order valence-corrected chi connectivity index (χ0v) is 14.7. The Morgan fingerprint density at radius 1 is 1.36 bits per heavy atom. The zero-order chi connectivity index (χ0) is 16.3. The average molecular weight is 365 g/mol. The number of benzene rings is 1. The van der Waals surface area contributed by atoms with Gasteiger partial charge in [0.05, 0.1) is 12.5 Å². The maximum Gasteiger partial charge on any atom is 0.225 e. The monoisotopic (exact) mass is 364 g/mol. The Balaban J connectivity index is 2.13. The van der Waals surface area contributed by atoms with Crippen molar-refractivity contribution in [3.8, 4) is 0 Å². The van der Waals surface area contributed by atoms with Crippen molar-refractivity contribution in [1.82, 2.24) is 10.3 Å². The summed E-state index contributed by atoms with van der Waals surface area (Å²) < 4.78 is 0.975. The van der Waals surface area contributed by atoms with Crippen molar-refractivity contribution < 1.29 is 9.59 Å². The molecule has 1 amide bonds. The quantitative estimate of drug-likeness (QED) is 0.822. The van der Waals surface area contributed by atoms with E-state index in [9.17, 15) is 9.59 Å². The molecule has 1 heterocycles. The Bertz CT molecular complexity index is 693. The molecular weight excluding hydrogens is 344 g/mol. The van der Waals surface area contributed by atoms with Crippen LogP contribution in [0.15, 0.2) is 28.9 Å². The van der Waals surface area contributed by atoms with Crippen LogP contribution >= 0.6 is 15.9 Å². The normalized spacial score (nSPS) is 13.8. The van der Waals surface area contributed by atoms with Crippen LogP contribution in [-0.2, 0) is 16.0 Å². The highest BCUT2D eigenvalue weighted by Crippen LogP contribution is 2.23. The number of carbonyl (C=O) groups is 2. The van der Waals surface area contributed by atoms with Crippen molar-refractivity contribution >= 4 is 38.5 Å². The van der Waals surface area contributed by atoms with Crippen LogP contribution in [0.1, 0.15) is 32.8 Å². The van der Waals surface area contributed by atoms with Crippen molar-refractivity contribution in [3.05, 3.63) is 34.4 Å². The van der Waals surface area contributed by atoms with Crippen LogP contribution in [0.4, 0.5) is 0 Å². The van der Waals surface area contributed by atoms with Gasteiger partial charge in [-0.1, -0.05) is 36.2 Å². The molecule has 2 aromatic rings. The molecule has 0 unspecified atom stereocenters. The van der Waals surface area contributed by atoms with Gasteiger partial charge in [-0.2, -0.15) is 0 Å². The molecule has 0 bridgehead atoms. The lowest BCUT2D eigenvalue weighted by Gasteiger charge is -2.21. The SMILES string of the molecule is CC[C@H](C)[C@H](NC(=O)Cc1c[nH]c2ccc(Br)cc12)C(C)=O. The Morgan fingerprint density at radius 3 is 2.73 bits per heavy atom. The van der Waals surface area contributed by atoms with Crippen LogP contribution in [0, 0.1) is 5.92 Å². The zero-order valence-electron chi connectivity index (χ0n) is 13.1. The molecular formula is C17H21BrN2O2. The number of halogens is 1. The number of H-pyrrole nitrogens is 1. The second-order valence-corrected chi connectivity index (χ2v) is 6.64. The fraction of sp³-hybridized carbons (Fsp3) is 0.412. The minimum atomic E-state index is -0.408. The van der Waals surface area contributed by atoms with Crippen LogP contribution in [0.3, 0.4) is 0 Å². The number of ketones is 1. The van der Waals surface area contributed by atoms with E-state index in [-0.39, 0.29) is 24.0 Å². The van der Waals surface area contributed by atoms with Crippen molar-refractivity contribution in [2.24, 2.45) is 5.92 Å². The van der Waals surface area contributed by atoms with Crippen LogP contribution < -0.4 is 5.32 Å². The summed E-state index contributed by atoms with van der Waals surface area (Å²) in [6.45, 7) is 5.53. The summed E-state index contributed by atoms with van der Waals surface area (Å²) >= 11 is 3.45. The first kappa shape index (κ1) is 16.7. The minimum absolute atomic E-state index is 0.00405. The van der Waals surface area contributed by atoms with Crippen molar-refractivity contribution in [1.29, 1.82) is 0 Å². The highest BCUT2D eigenvalue weighted by Gasteiger charge is 2.22. The summed E-state index contributed by atoms with van der Waals surface area (Å²) in [6.07, 6.45) is 2.96. The van der Waals surface area contributed by atoms with Gasteiger partial charge in [0.2, 0.25) is 5.91 Å². The van der Waals surface area contributed by atoms with Gasteiger partial charge in [0.25, 0.3) is 0 Å². The molecule has 22 heavy (non-hydrogen) atoms. The number of hydrogen-bond acceptors (Lipinski definition) is 2. The van der Waals surface area contributed by atoms with Crippen molar-refractivity contribution in [2.75, 3.05) is 0 Å². The number of rotatable bonds is 6. The first-order valence-corrected chi connectivity index (χ1v) is 8.27. The number of Topliss-reactive ketones (excluding diaryl/α,β-unsaturated/α-hetero) is 1. The molecule has 118 valence electrons. The number of hydrogen-bond donors (Lipinski definition) is 2. The van der Waals surface area contributed by atoms with Gasteiger partial charge >= 0.3 is 0 Å². The maximum absolute atomic E-state index is 12.3. The van der Waals surface area contributed by atoms with E-state index in [0.717, 1.165) is 27.4 Å². The van der Waals surface area contributed by atoms with Crippen molar-refractivity contribution in [3.63, 3.8) is 0 Å². The first-order valence-electron chi connectivity index (χ1n) is 7.47. The lowest BCUT2D eigenvalue weighted by Crippen LogP contribution is -2.44. The van der Waals surface area contributed by atoms with E-state index in [4.69, 9.17) is 0 Å². The lowest BCUT2D eigenvalue weighted by molar-refractivity contribution is -0.127. The van der Waals surface area contributed by atoms with Gasteiger partial charge in [0.15, 0.2) is 5.78 Å². The highest BCUT2D eigenvalue weighted by molar-refractivity contribution is 9.10. The van der Waals surface area contributed by atoms with Gasteiger partial charge < -0.3 is 10.3 Å². The summed E-state index contributed by atoms with van der Waals surface area (Å²) in [6, 6.07) is 5.51. The van der Waals surface area contributed by atoms with E-state index in [1.165, 1.54) is 6.92 Å². The fourth-order valence-electron chi connectivity index (χ4n) is 2.57. The summed E-state index contributed by atoms with van der Waals surface area (Å²) in [5.41, 5.74) is 1.93. The third kappa shape index (κ3) is 3.77. The predicted molar refractivity (Wildman–Crippen MR) is 91.8 cm³/mol. The van der Waals surface area contributed by atoms with E-state index in [0.29, 0.717) is 0 Å². The smallest absolute Gasteiger partial charge is 0.225 e. The summed E-state index contributed by atoms with van der Waals surface area (Å²) in [5, 5.41) is 3.89. The molecule has 4 nitrogen and oxygen atoms in total. The number of carbonyl (C=O) groups excluding carboxylic acids is 2. The molecule has 1 aromatic heterocycles. The second-order valence-electron chi connectivity index (χ2n) is 5.72. The van der Waals surface area contributed by atoms with Crippen molar-refractivity contribution in [2.45, 2.75) is 39.7 Å². The Kier molecular flexibility index (Phi) is 5.40. The van der Waals surface area contributed by atoms with E-state index < -0.39 is 6.04 Å². The third-order valence-corrected chi connectivity index (χ3v) is 4.54. The third-order valence-electron chi connectivity index (χ3n) is 4.05. The van der Waals surface area contributed by atoms with Gasteiger partial charge in [0, 0.05) is 21.6 Å². The van der Waals surface area contributed by atoms with Gasteiger partial charge in [-0.25, -0.2) is 0 Å². The molecule has 1 aromatic carbocycles. The van der Waals surface area contributed by atoms with Crippen LogP contribution in [0.2, 0.25) is 0 Å². The van der Waals surface area contributed by atoms with Gasteiger partial charge in [-0.3, -0.25) is 9.59 Å². The number of aromatic amines is 1. The number of aromatic nitrogens is 1. The van der Waals surface area contributed by atoms with E-state index in [1.807, 2.05) is 38.2 Å². The molecule has 0 fully saturated rings. The largest absolute Gasteiger partial charge is 0.361 e. The molecule has 0 saturated carbocycles. The lowest BCUT2D eigenvalue weighted by atomic mass is 9.96. The van der Waals surface area contributed by atoms with E-state index >= 15 is 0 Å². The van der Waals surface area contributed by atoms with Crippen LogP contribution in [0.5, 0.6) is 0 Å². The van der Waals surface area contributed by atoms with Crippen LogP contribution in [-0.4, -0.2) is 22.7 Å². The first-order chi connectivity index (χ1) is 10.4. The molecule has 0 saturated heterocycles. The predicted octanol–water partition coefficient (Wildman–Crippen LogP) is 3.59. The second kappa shape index (κ2) is 7.09. The summed E-state index contributed by atoms with van der Waals surface area (Å²) in [4.78, 5) is 27.2. The molecule has 5 heteroatoms. The number of fused-ring (bicyclic) bond motifs is 1. The molecule has 0 aliphatic rings. The van der Waals surface area contributed by atoms with E-state index in [1.54, 1.807) is 0 Å². The standard InChI is InChI=1S/C17H21BrN2O2/c1-4-10(2)17(11(3)21)20-16(22)7-12-9-19-15-6-5-13(18)8-14(12)15/h5-6,8-10,17,19H,4,7H2,1-3H3,(H,20,22)/t10-,17-/m0/s1. The molecule has 2 rings (SSSR count). The Morgan fingerprint density at radius 2 is 2.09 bits per heavy atom. The topological polar surface area (TPSA) is 62.0 Å². The molecule has 2 atom stereocenters. The minimum Gasteiger partial charge on any atom is -0.361 e. The van der Waals surface area contributed by atoms with Gasteiger partial charge in [-0.15, -0.1) is 0 Å². The molecule has 2 N–H and O–H groups in total. The number of nitrogens with one attached hydrogen (secondary N) is 2. The molecule has 0 aliphatic carbocycles. The van der Waals surface area contributed by atoms with Gasteiger partial charge in [0.1, 0.15) is 0 Å². The van der Waals surface area contributed by atoms with Gasteiger partial charge in [-0.05, 0) is 36.6 Å². The number of amides is 1. The Hall–Kier alpha value is -1.62. The maximum atomic E-state index is 12.3. The highest BCUT2D eigenvalue weighted by atomic mass is 79.9.